The molecule has 3 heterocycles. The highest BCUT2D eigenvalue weighted by molar-refractivity contribution is 7.21. The van der Waals surface area contributed by atoms with Gasteiger partial charge in [-0.05, 0) is 41.1 Å². The fraction of sp³-hybridized carbons (Fsp3) is 0.0833. The average molecular weight is 513 g/mol. The van der Waals surface area contributed by atoms with Gasteiger partial charge in [0.15, 0.2) is 0 Å². The number of thiophene rings is 1. The van der Waals surface area contributed by atoms with Gasteiger partial charge in [-0.3, -0.25) is 9.32 Å². The van der Waals surface area contributed by atoms with Crippen LogP contribution in [-0.4, -0.2) is 22.4 Å². The van der Waals surface area contributed by atoms with Gasteiger partial charge in [-0.15, -0.1) is 24.5 Å². The van der Waals surface area contributed by atoms with Crippen LogP contribution < -0.4 is 20.8 Å². The maximum atomic E-state index is 13.4. The summed E-state index contributed by atoms with van der Waals surface area (Å²) >= 11 is 1.03. The number of carbonyl (C=O) groups is 1. The van der Waals surface area contributed by atoms with Crippen LogP contribution in [0.2, 0.25) is 0 Å². The molecule has 3 N–H and O–H groups in total. The third kappa shape index (κ3) is 4.33. The van der Waals surface area contributed by atoms with Crippen LogP contribution >= 0.6 is 11.3 Å². The number of carbonyl (C=O) groups excluding carboxylic acids is 1. The Labute approximate surface area is 204 Å². The summed E-state index contributed by atoms with van der Waals surface area (Å²) in [6.45, 7) is 1.98. The number of hydrogen-bond donors (Lipinski definition) is 2. The summed E-state index contributed by atoms with van der Waals surface area (Å²) in [7, 11) is 0. The second-order valence-electron chi connectivity index (χ2n) is 7.80. The maximum Gasteiger partial charge on any atom is 0.573 e. The van der Waals surface area contributed by atoms with Crippen molar-refractivity contribution in [3.8, 4) is 22.7 Å². The van der Waals surface area contributed by atoms with Crippen molar-refractivity contribution in [2.24, 2.45) is 0 Å². The molecule has 0 unspecified atom stereocenters. The van der Waals surface area contributed by atoms with Gasteiger partial charge in [0.1, 0.15) is 15.5 Å². The molecule has 0 bridgehead atoms. The molecule has 182 valence electrons. The molecule has 8 nitrogen and oxygen atoms in total. The molecule has 0 saturated carbocycles. The predicted octanol–water partition coefficient (Wildman–Crippen LogP) is 4.54. The summed E-state index contributed by atoms with van der Waals surface area (Å²) in [6.07, 6.45) is -4.86. The molecular weight excluding hydrogens is 497 g/mol. The Morgan fingerprint density at radius 2 is 1.78 bits per heavy atom. The number of aromatic nitrogens is 3. The van der Waals surface area contributed by atoms with Crippen LogP contribution in [0, 0.1) is 6.92 Å². The number of hydrogen-bond acceptors (Lipinski definition) is 7. The quantitative estimate of drug-likeness (QED) is 0.263. The van der Waals surface area contributed by atoms with Gasteiger partial charge in [-0.2, -0.15) is 0 Å². The van der Waals surface area contributed by atoms with Crippen molar-refractivity contribution in [3.05, 3.63) is 87.2 Å². The topological polar surface area (TPSA) is 115 Å². The van der Waals surface area contributed by atoms with Crippen LogP contribution in [0.4, 0.5) is 18.9 Å². The summed E-state index contributed by atoms with van der Waals surface area (Å²) in [4.78, 5) is 31.0. The number of alkyl halides is 3. The van der Waals surface area contributed by atoms with Crippen molar-refractivity contribution in [2.45, 2.75) is 13.3 Å². The summed E-state index contributed by atoms with van der Waals surface area (Å²) in [6, 6.07) is 15.9. The number of nitrogens with zero attached hydrogens (tertiary/aromatic N) is 2. The molecule has 0 aliphatic heterocycles. The summed E-state index contributed by atoms with van der Waals surface area (Å²) < 4.78 is 47.0. The molecule has 0 aliphatic carbocycles. The number of nitrogens with one attached hydrogen (secondary N) is 1. The first-order chi connectivity index (χ1) is 17.1. The van der Waals surface area contributed by atoms with Gasteiger partial charge >= 0.3 is 17.7 Å². The van der Waals surface area contributed by atoms with Crippen LogP contribution in [0.5, 0.6) is 5.75 Å². The minimum atomic E-state index is -4.86. The first kappa shape index (κ1) is 23.3. The summed E-state index contributed by atoms with van der Waals surface area (Å²) in [5.74, 6) is -1.19. The summed E-state index contributed by atoms with van der Waals surface area (Å²) in [5.41, 5.74) is 7.88. The van der Waals surface area contributed by atoms with Gasteiger partial charge in [-0.25, -0.2) is 9.78 Å². The molecular formula is C24H16F3N4O4S+. The number of ether oxygens (including phenoxy) is 1. The van der Waals surface area contributed by atoms with E-state index in [-0.39, 0.29) is 16.3 Å². The zero-order valence-electron chi connectivity index (χ0n) is 18.4. The highest BCUT2D eigenvalue weighted by atomic mass is 32.1. The Kier molecular flexibility index (Phi) is 5.59. The number of halogens is 3. The second-order valence-corrected chi connectivity index (χ2v) is 8.79. The largest absolute Gasteiger partial charge is 0.573 e. The Bertz CT molecular complexity index is 1650. The molecule has 0 amide bonds. The molecule has 36 heavy (non-hydrogen) atoms. The lowest BCUT2D eigenvalue weighted by Crippen LogP contribution is -2.41. The molecule has 0 fully saturated rings. The molecule has 2 aromatic carbocycles. The number of nitrogens with two attached hydrogens (primary N) is 1. The molecule has 3 aromatic heterocycles. The standard InChI is InChI=1S/C24H15F3N4O4S/c1-12-2-4-13(5-3-12)17-11-10-16-18(28)21(36-22(16)29-17)20(32)19-23(33)35-30-31(19)14-6-8-15(9-7-14)34-24(25,26)27/h2-11H,1H3,(H2-,28,30,32,33)/p+1. The molecule has 0 radical (unpaired) electrons. The van der Waals surface area contributed by atoms with Crippen molar-refractivity contribution in [3.63, 3.8) is 0 Å². The van der Waals surface area contributed by atoms with Gasteiger partial charge in [-0.1, -0.05) is 29.8 Å². The smallest absolute Gasteiger partial charge is 0.406 e. The van der Waals surface area contributed by atoms with Crippen LogP contribution in [0.25, 0.3) is 27.2 Å². The van der Waals surface area contributed by atoms with Gasteiger partial charge in [0.05, 0.1) is 11.4 Å². The fourth-order valence-corrected chi connectivity index (χ4v) is 4.64. The lowest BCUT2D eigenvalue weighted by atomic mass is 10.1. The molecule has 0 atom stereocenters. The molecule has 0 spiro atoms. The fourth-order valence-electron chi connectivity index (χ4n) is 3.60. The number of anilines is 1. The molecule has 0 saturated heterocycles. The third-order valence-electron chi connectivity index (χ3n) is 5.34. The molecule has 5 aromatic rings. The number of ketones is 1. The van der Waals surface area contributed by atoms with E-state index in [0.29, 0.717) is 15.9 Å². The van der Waals surface area contributed by atoms with E-state index in [1.165, 1.54) is 12.1 Å². The lowest BCUT2D eigenvalue weighted by molar-refractivity contribution is -0.672. The first-order valence-corrected chi connectivity index (χ1v) is 11.2. The monoisotopic (exact) mass is 513 g/mol. The molecule has 12 heteroatoms. The zero-order chi connectivity index (χ0) is 25.6. The molecule has 0 aliphatic rings. The van der Waals surface area contributed by atoms with Crippen molar-refractivity contribution in [1.29, 1.82) is 0 Å². The third-order valence-corrected chi connectivity index (χ3v) is 6.45. The number of rotatable bonds is 5. The first-order valence-electron chi connectivity index (χ1n) is 10.4. The number of H-pyrrole nitrogens is 1. The van der Waals surface area contributed by atoms with Gasteiger partial charge in [0.25, 0.3) is 5.78 Å². The van der Waals surface area contributed by atoms with Crippen molar-refractivity contribution in [1.82, 2.24) is 10.3 Å². The summed E-state index contributed by atoms with van der Waals surface area (Å²) in [5, 5.41) is 2.85. The number of benzene rings is 2. The average Bonchev–Trinajstić information content (AvgIpc) is 3.38. The van der Waals surface area contributed by atoms with E-state index in [2.05, 4.69) is 15.0 Å². The van der Waals surface area contributed by atoms with E-state index in [4.69, 9.17) is 10.3 Å². The van der Waals surface area contributed by atoms with Crippen LogP contribution in [-0.2, 0) is 0 Å². The van der Waals surface area contributed by atoms with E-state index >= 15 is 0 Å². The Morgan fingerprint density at radius 3 is 2.44 bits per heavy atom. The van der Waals surface area contributed by atoms with Crippen molar-refractivity contribution >= 4 is 33.0 Å². The van der Waals surface area contributed by atoms with E-state index in [9.17, 15) is 22.8 Å². The Morgan fingerprint density at radius 1 is 1.08 bits per heavy atom. The van der Waals surface area contributed by atoms with Crippen LogP contribution in [0.1, 0.15) is 20.9 Å². The van der Waals surface area contributed by atoms with Gasteiger partial charge in [0.2, 0.25) is 5.69 Å². The maximum absolute atomic E-state index is 13.4. The number of pyridine rings is 1. The SMILES string of the molecule is Cc1ccc(-c2ccc3c(N)c(C(=O)c4c(=O)o[nH][n+]4-c4ccc(OC(F)(F)F)cc4)sc3n2)cc1. The number of aryl methyl sites for hydroxylation is 1. The number of nitrogen functional groups attached to an aromatic ring is 1. The minimum Gasteiger partial charge on any atom is -0.406 e. The van der Waals surface area contributed by atoms with Gasteiger partial charge in [0, 0.05) is 23.1 Å². The van der Waals surface area contributed by atoms with Crippen LogP contribution in [0.15, 0.2) is 70.0 Å². The zero-order valence-corrected chi connectivity index (χ0v) is 19.2. The highest BCUT2D eigenvalue weighted by Gasteiger charge is 2.35. The number of fused-ring (bicyclic) bond motifs is 1. The second kappa shape index (κ2) is 8.64. The van der Waals surface area contributed by atoms with Crippen molar-refractivity contribution in [2.75, 3.05) is 5.73 Å². The van der Waals surface area contributed by atoms with Crippen molar-refractivity contribution < 1.29 is 31.9 Å². The van der Waals surface area contributed by atoms with E-state index in [0.717, 1.165) is 39.3 Å². The molecule has 5 rings (SSSR count). The lowest BCUT2D eigenvalue weighted by Gasteiger charge is -2.07. The Hall–Kier alpha value is -4.45. The van der Waals surface area contributed by atoms with E-state index in [1.807, 2.05) is 31.2 Å². The Balaban J connectivity index is 1.52. The minimum absolute atomic E-state index is 0.0798. The highest BCUT2D eigenvalue weighted by Crippen LogP contribution is 2.35. The number of aromatic amines is 1. The van der Waals surface area contributed by atoms with E-state index in [1.54, 1.807) is 12.1 Å². The van der Waals surface area contributed by atoms with Gasteiger partial charge < -0.3 is 10.5 Å². The predicted molar refractivity (Wildman–Crippen MR) is 125 cm³/mol. The van der Waals surface area contributed by atoms with E-state index < -0.39 is 29.2 Å². The normalized spacial score (nSPS) is 11.7. The van der Waals surface area contributed by atoms with Crippen LogP contribution in [0.3, 0.4) is 0 Å².